The van der Waals surface area contributed by atoms with E-state index in [0.29, 0.717) is 35.6 Å². The highest BCUT2D eigenvalue weighted by molar-refractivity contribution is 7.23. The molecule has 2 N–H and O–H groups in total. The van der Waals surface area contributed by atoms with E-state index in [1.54, 1.807) is 27.0 Å². The second kappa shape index (κ2) is 11.4. The first-order chi connectivity index (χ1) is 23.0. The minimum atomic E-state index is -0.814. The predicted molar refractivity (Wildman–Crippen MR) is 178 cm³/mol. The van der Waals surface area contributed by atoms with Gasteiger partial charge in [-0.1, -0.05) is 0 Å². The van der Waals surface area contributed by atoms with Crippen LogP contribution in [0, 0.1) is 28.4 Å². The number of nitrogens with zero attached hydrogens (tertiary/aromatic N) is 5. The number of nitrogens with one attached hydrogen (secondary N) is 2. The van der Waals surface area contributed by atoms with E-state index in [0.717, 1.165) is 30.4 Å². The summed E-state index contributed by atoms with van der Waals surface area (Å²) in [7, 11) is 0. The minimum Gasteiger partial charge on any atom is -0.444 e. The number of carbonyl (C=O) groups excluding carboxylic acids is 2. The molecule has 0 radical (unpaired) electrons. The summed E-state index contributed by atoms with van der Waals surface area (Å²) in [4.78, 5) is 40.3. The molecule has 256 valence electrons. The Morgan fingerprint density at radius 2 is 1.71 bits per heavy atom. The van der Waals surface area contributed by atoms with Crippen LogP contribution in [-0.4, -0.2) is 57.5 Å². The molecule has 7 rings (SSSR count). The molecule has 4 aromatic rings. The van der Waals surface area contributed by atoms with Crippen LogP contribution in [0.5, 0.6) is 0 Å². The summed E-state index contributed by atoms with van der Waals surface area (Å²) < 4.78 is 48.5. The Balaban J connectivity index is 1.21. The minimum absolute atomic E-state index is 0.00874. The summed E-state index contributed by atoms with van der Waals surface area (Å²) >= 11 is 0.845. The summed E-state index contributed by atoms with van der Waals surface area (Å²) in [6, 6.07) is 2.07. The molecule has 2 amide bonds. The average molecular weight is 692 g/mol. The van der Waals surface area contributed by atoms with E-state index < -0.39 is 35.0 Å². The fourth-order valence-electron chi connectivity index (χ4n) is 6.88. The average Bonchev–Trinajstić information content (AvgIpc) is 3.58. The standard InChI is InChI=1S/C34H35F2N7O5S/c1-32(2,3)47-30(44)40-16-7-34(8-16)14-43(15-34)29-39-10-18-19-12-46-13-20(19)22(24(36)25(18)41-29)26-23-17(9-37)28(42-31(45)48-33(4,5)6)49-27(23)21(35)11-38-26/h10-11,16H,7-8,12-15H2,1-6H3,(H,40,44)(H,42,45). The predicted octanol–water partition coefficient (Wildman–Crippen LogP) is 6.93. The van der Waals surface area contributed by atoms with E-state index in [1.165, 1.54) is 0 Å². The van der Waals surface area contributed by atoms with E-state index >= 15 is 8.78 Å². The molecule has 1 saturated heterocycles. The number of carbonyl (C=O) groups is 2. The summed E-state index contributed by atoms with van der Waals surface area (Å²) in [5.41, 5.74) is -0.0707. The van der Waals surface area contributed by atoms with Gasteiger partial charge in [-0.25, -0.2) is 28.3 Å². The summed E-state index contributed by atoms with van der Waals surface area (Å²) in [5.74, 6) is -1.05. The maximum Gasteiger partial charge on any atom is 0.412 e. The van der Waals surface area contributed by atoms with Gasteiger partial charge in [0.15, 0.2) is 11.6 Å². The third-order valence-electron chi connectivity index (χ3n) is 8.73. The largest absolute Gasteiger partial charge is 0.444 e. The Bertz CT molecular complexity index is 2090. The lowest BCUT2D eigenvalue weighted by Gasteiger charge is -2.58. The number of anilines is 2. The van der Waals surface area contributed by atoms with Gasteiger partial charge in [0.2, 0.25) is 5.95 Å². The van der Waals surface area contributed by atoms with Gasteiger partial charge in [-0.2, -0.15) is 5.26 Å². The molecule has 15 heteroatoms. The third kappa shape index (κ3) is 5.97. The lowest BCUT2D eigenvalue weighted by molar-refractivity contribution is 0.0210. The Hall–Kier alpha value is -4.68. The molecule has 1 spiro atoms. The molecule has 1 aliphatic carbocycles. The number of thiophene rings is 1. The smallest absolute Gasteiger partial charge is 0.412 e. The van der Waals surface area contributed by atoms with E-state index in [-0.39, 0.29) is 62.1 Å². The van der Waals surface area contributed by atoms with E-state index in [1.807, 2.05) is 31.7 Å². The monoisotopic (exact) mass is 691 g/mol. The number of hydrogen-bond donors (Lipinski definition) is 2. The highest BCUT2D eigenvalue weighted by Crippen LogP contribution is 2.50. The molecular weight excluding hydrogens is 656 g/mol. The van der Waals surface area contributed by atoms with Gasteiger partial charge in [0, 0.05) is 47.1 Å². The van der Waals surface area contributed by atoms with Crippen molar-refractivity contribution in [3.63, 3.8) is 0 Å². The zero-order valence-corrected chi connectivity index (χ0v) is 28.7. The first-order valence-corrected chi connectivity index (χ1v) is 16.7. The lowest BCUT2D eigenvalue weighted by Crippen LogP contribution is -2.67. The number of nitriles is 1. The van der Waals surface area contributed by atoms with Crippen LogP contribution in [0.1, 0.15) is 71.1 Å². The molecule has 5 heterocycles. The van der Waals surface area contributed by atoms with Crippen molar-refractivity contribution < 1.29 is 32.6 Å². The normalized spacial score (nSPS) is 17.0. The van der Waals surface area contributed by atoms with E-state index in [2.05, 4.69) is 25.6 Å². The molecule has 2 fully saturated rings. The van der Waals surface area contributed by atoms with Gasteiger partial charge < -0.3 is 24.4 Å². The second-order valence-corrected chi connectivity index (χ2v) is 15.9. The molecule has 1 saturated carbocycles. The SMILES string of the molecule is CC(C)(C)OC(=O)Nc1sc2c(F)cnc(-c3c4c(c5cnc(N6CC7(CC(NC(=O)OC(C)(C)C)C7)C6)nc5c3F)COC4)c2c1C#N. The number of halogens is 2. The molecule has 0 atom stereocenters. The Labute approximate surface area is 284 Å². The fourth-order valence-corrected chi connectivity index (χ4v) is 7.92. The van der Waals surface area contributed by atoms with Gasteiger partial charge >= 0.3 is 12.2 Å². The molecule has 0 unspecified atom stereocenters. The molecule has 3 aromatic heterocycles. The number of alkyl carbamates (subject to hydrolysis) is 1. The second-order valence-electron chi connectivity index (χ2n) is 14.9. The summed E-state index contributed by atoms with van der Waals surface area (Å²) in [5, 5.41) is 16.3. The van der Waals surface area contributed by atoms with Crippen LogP contribution < -0.4 is 15.5 Å². The van der Waals surface area contributed by atoms with Crippen LogP contribution in [0.2, 0.25) is 0 Å². The van der Waals surface area contributed by atoms with Crippen molar-refractivity contribution in [2.45, 2.75) is 84.8 Å². The summed E-state index contributed by atoms with van der Waals surface area (Å²) in [6.07, 6.45) is 2.91. The number of fused-ring (bicyclic) bond motifs is 4. The van der Waals surface area contributed by atoms with Crippen LogP contribution in [0.15, 0.2) is 12.4 Å². The zero-order valence-electron chi connectivity index (χ0n) is 27.9. The number of aromatic nitrogens is 3. The van der Waals surface area contributed by atoms with Crippen molar-refractivity contribution in [3.05, 3.63) is 40.7 Å². The van der Waals surface area contributed by atoms with Gasteiger partial charge in [-0.05, 0) is 65.5 Å². The van der Waals surface area contributed by atoms with Gasteiger partial charge in [-0.15, -0.1) is 11.3 Å². The lowest BCUT2D eigenvalue weighted by atomic mass is 9.61. The van der Waals surface area contributed by atoms with Crippen molar-refractivity contribution in [2.24, 2.45) is 5.41 Å². The zero-order chi connectivity index (χ0) is 35.0. The number of ether oxygens (including phenoxy) is 3. The molecule has 12 nitrogen and oxygen atoms in total. The topological polar surface area (TPSA) is 152 Å². The quantitative estimate of drug-likeness (QED) is 0.231. The Kier molecular flexibility index (Phi) is 7.67. The van der Waals surface area contributed by atoms with Crippen LogP contribution in [0.25, 0.3) is 32.2 Å². The molecule has 0 bridgehead atoms. The highest BCUT2D eigenvalue weighted by Gasteiger charge is 2.53. The van der Waals surface area contributed by atoms with Crippen molar-refractivity contribution in [1.82, 2.24) is 20.3 Å². The van der Waals surface area contributed by atoms with Crippen LogP contribution >= 0.6 is 11.3 Å². The molecular formula is C34H35F2N7O5S. The maximum absolute atomic E-state index is 16.8. The van der Waals surface area contributed by atoms with Gasteiger partial charge in [-0.3, -0.25) is 10.3 Å². The maximum atomic E-state index is 16.8. The molecule has 49 heavy (non-hydrogen) atoms. The number of benzene rings is 1. The van der Waals surface area contributed by atoms with E-state index in [4.69, 9.17) is 14.2 Å². The van der Waals surface area contributed by atoms with Gasteiger partial charge in [0.25, 0.3) is 0 Å². The number of pyridine rings is 1. The van der Waals surface area contributed by atoms with E-state index in [9.17, 15) is 14.9 Å². The molecule has 1 aromatic carbocycles. The molecule has 2 aliphatic heterocycles. The fraction of sp³-hybridized carbons (Fsp3) is 0.471. The van der Waals surface area contributed by atoms with Crippen molar-refractivity contribution in [1.29, 1.82) is 5.26 Å². The first-order valence-electron chi connectivity index (χ1n) is 15.9. The highest BCUT2D eigenvalue weighted by atomic mass is 32.1. The van der Waals surface area contributed by atoms with Gasteiger partial charge in [0.1, 0.15) is 27.8 Å². The van der Waals surface area contributed by atoms with Crippen LogP contribution in [-0.2, 0) is 27.4 Å². The number of rotatable bonds is 4. The number of amides is 2. The third-order valence-corrected chi connectivity index (χ3v) is 9.85. The van der Waals surface area contributed by atoms with Gasteiger partial charge in [0.05, 0.1) is 35.4 Å². The Morgan fingerprint density at radius 1 is 1.04 bits per heavy atom. The van der Waals surface area contributed by atoms with Crippen molar-refractivity contribution >= 4 is 55.5 Å². The van der Waals surface area contributed by atoms with Crippen molar-refractivity contribution in [2.75, 3.05) is 23.3 Å². The Morgan fingerprint density at radius 3 is 2.39 bits per heavy atom. The first kappa shape index (κ1) is 32.8. The summed E-state index contributed by atoms with van der Waals surface area (Å²) in [6.45, 7) is 12.1. The van der Waals surface area contributed by atoms with Crippen LogP contribution in [0.3, 0.4) is 0 Å². The van der Waals surface area contributed by atoms with Crippen LogP contribution in [0.4, 0.5) is 29.3 Å². The number of hydrogen-bond acceptors (Lipinski definition) is 11. The van der Waals surface area contributed by atoms with Crippen molar-refractivity contribution in [3.8, 4) is 17.3 Å². The molecule has 3 aliphatic rings.